The quantitative estimate of drug-likeness (QED) is 0.385. The molecule has 2 aromatic carbocycles. The summed E-state index contributed by atoms with van der Waals surface area (Å²) in [6, 6.07) is 14.6. The van der Waals surface area contributed by atoms with Crippen molar-refractivity contribution in [3.05, 3.63) is 64.8 Å². The van der Waals surface area contributed by atoms with E-state index in [4.69, 9.17) is 0 Å². The van der Waals surface area contributed by atoms with Crippen molar-refractivity contribution < 1.29 is 4.57 Å². The fraction of sp³-hybridized carbons (Fsp3) is 0.500. The molecule has 1 heteroatoms. The Morgan fingerprint density at radius 3 is 2.35 bits per heavy atom. The predicted molar refractivity (Wildman–Crippen MR) is 132 cm³/mol. The van der Waals surface area contributed by atoms with Gasteiger partial charge in [0, 0.05) is 6.07 Å². The van der Waals surface area contributed by atoms with Gasteiger partial charge in [-0.25, -0.2) is 4.57 Å². The van der Waals surface area contributed by atoms with Gasteiger partial charge in [-0.15, -0.1) is 0 Å². The number of fused-ring (bicyclic) bond motifs is 3. The Morgan fingerprint density at radius 1 is 0.903 bits per heavy atom. The van der Waals surface area contributed by atoms with Crippen LogP contribution < -0.4 is 4.57 Å². The van der Waals surface area contributed by atoms with Crippen LogP contribution in [-0.4, -0.2) is 0 Å². The van der Waals surface area contributed by atoms with Crippen LogP contribution >= 0.6 is 0 Å². The number of rotatable bonds is 4. The number of nitrogens with zero attached hydrogens (tertiary/aromatic N) is 1. The Hall–Kier alpha value is -2.15. The summed E-state index contributed by atoms with van der Waals surface area (Å²) in [7, 11) is 2.20. The minimum atomic E-state index is 0.529. The smallest absolute Gasteiger partial charge is 0.200 e. The summed E-state index contributed by atoms with van der Waals surface area (Å²) in [5, 5.41) is 2.78. The maximum Gasteiger partial charge on any atom is 0.220 e. The van der Waals surface area contributed by atoms with Crippen molar-refractivity contribution >= 4 is 10.8 Å². The molecule has 0 radical (unpaired) electrons. The molecule has 5 rings (SSSR count). The van der Waals surface area contributed by atoms with Gasteiger partial charge >= 0.3 is 0 Å². The normalized spacial score (nSPS) is 22.9. The van der Waals surface area contributed by atoms with E-state index in [9.17, 15) is 0 Å². The lowest BCUT2D eigenvalue weighted by Crippen LogP contribution is -2.31. The van der Waals surface area contributed by atoms with Gasteiger partial charge < -0.3 is 0 Å². The van der Waals surface area contributed by atoms with Crippen molar-refractivity contribution in [3.8, 4) is 11.3 Å². The predicted octanol–water partition coefficient (Wildman–Crippen LogP) is 7.79. The lowest BCUT2D eigenvalue weighted by atomic mass is 9.82. The van der Waals surface area contributed by atoms with E-state index < -0.39 is 0 Å². The zero-order chi connectivity index (χ0) is 21.9. The number of pyridine rings is 1. The van der Waals surface area contributed by atoms with E-state index in [0.717, 1.165) is 17.8 Å². The van der Waals surface area contributed by atoms with Crippen molar-refractivity contribution in [2.75, 3.05) is 0 Å². The highest BCUT2D eigenvalue weighted by Gasteiger charge is 2.40. The van der Waals surface area contributed by atoms with Gasteiger partial charge in [0.1, 0.15) is 7.05 Å². The summed E-state index contributed by atoms with van der Waals surface area (Å²) in [6.45, 7) is 11.6. The third-order valence-electron chi connectivity index (χ3n) is 8.34. The summed E-state index contributed by atoms with van der Waals surface area (Å²) in [6.07, 6.45) is 8.06. The second kappa shape index (κ2) is 7.76. The van der Waals surface area contributed by atoms with Gasteiger partial charge in [0.05, 0.1) is 10.9 Å². The van der Waals surface area contributed by atoms with Gasteiger partial charge in [-0.2, -0.15) is 0 Å². The third kappa shape index (κ3) is 3.51. The van der Waals surface area contributed by atoms with Crippen molar-refractivity contribution in [2.24, 2.45) is 18.9 Å². The highest BCUT2D eigenvalue weighted by atomic mass is 14.9. The molecule has 2 aliphatic carbocycles. The van der Waals surface area contributed by atoms with Gasteiger partial charge in [-0.05, 0) is 95.5 Å². The third-order valence-corrected chi connectivity index (χ3v) is 8.34. The number of aryl methyl sites for hydroxylation is 1. The van der Waals surface area contributed by atoms with E-state index in [0.29, 0.717) is 11.8 Å². The number of aromatic nitrogens is 1. The molecule has 2 fully saturated rings. The Kier molecular flexibility index (Phi) is 5.19. The molecular formula is C30H38N+. The topological polar surface area (TPSA) is 3.88 Å². The molecule has 2 saturated carbocycles. The van der Waals surface area contributed by atoms with E-state index in [2.05, 4.69) is 88.8 Å². The molecule has 3 unspecified atom stereocenters. The molecule has 0 spiro atoms. The Morgan fingerprint density at radius 2 is 1.71 bits per heavy atom. The maximum atomic E-state index is 2.51. The first kappa shape index (κ1) is 20.7. The SMILES string of the molecule is Cc1c(-c2c3ccc(C4CC5CCC4C5)cc3cc[n+]2C)cc(C(C)C)cc1C(C)C. The van der Waals surface area contributed by atoms with E-state index in [-0.39, 0.29) is 0 Å². The van der Waals surface area contributed by atoms with Crippen molar-refractivity contribution in [1.29, 1.82) is 0 Å². The number of hydrogen-bond acceptors (Lipinski definition) is 0. The van der Waals surface area contributed by atoms with Crippen molar-refractivity contribution in [2.45, 2.75) is 78.1 Å². The molecule has 2 bridgehead atoms. The average molecular weight is 413 g/mol. The minimum absolute atomic E-state index is 0.529. The van der Waals surface area contributed by atoms with Gasteiger partial charge in [-0.1, -0.05) is 52.3 Å². The van der Waals surface area contributed by atoms with Crippen LogP contribution in [0.15, 0.2) is 42.6 Å². The van der Waals surface area contributed by atoms with Gasteiger partial charge in [-0.3, -0.25) is 0 Å². The highest BCUT2D eigenvalue weighted by molar-refractivity contribution is 5.94. The lowest BCUT2D eigenvalue weighted by molar-refractivity contribution is -0.659. The van der Waals surface area contributed by atoms with Crippen LogP contribution in [-0.2, 0) is 7.05 Å². The lowest BCUT2D eigenvalue weighted by Gasteiger charge is -2.22. The molecule has 3 aromatic rings. The molecule has 0 amide bonds. The van der Waals surface area contributed by atoms with Gasteiger partial charge in [0.25, 0.3) is 0 Å². The zero-order valence-electron chi connectivity index (χ0n) is 20.2. The first-order valence-electron chi connectivity index (χ1n) is 12.4. The minimum Gasteiger partial charge on any atom is -0.200 e. The van der Waals surface area contributed by atoms with E-state index in [1.165, 1.54) is 64.4 Å². The number of hydrogen-bond donors (Lipinski definition) is 0. The van der Waals surface area contributed by atoms with Crippen LogP contribution in [0.4, 0.5) is 0 Å². The molecule has 162 valence electrons. The first-order valence-corrected chi connectivity index (χ1v) is 12.4. The van der Waals surface area contributed by atoms with Crippen molar-refractivity contribution in [3.63, 3.8) is 0 Å². The van der Waals surface area contributed by atoms with Crippen LogP contribution in [0.3, 0.4) is 0 Å². The average Bonchev–Trinajstić information content (AvgIpc) is 3.37. The van der Waals surface area contributed by atoms with Gasteiger partial charge in [0.15, 0.2) is 6.20 Å². The van der Waals surface area contributed by atoms with E-state index in [1.807, 2.05) is 0 Å². The monoisotopic (exact) mass is 412 g/mol. The maximum absolute atomic E-state index is 2.51. The first-order chi connectivity index (χ1) is 14.8. The Bertz CT molecular complexity index is 1140. The van der Waals surface area contributed by atoms with Crippen LogP contribution in [0.5, 0.6) is 0 Å². The summed E-state index contributed by atoms with van der Waals surface area (Å²) in [5.41, 5.74) is 8.70. The molecule has 1 heterocycles. The van der Waals surface area contributed by atoms with Crippen molar-refractivity contribution in [1.82, 2.24) is 0 Å². The second-order valence-corrected chi connectivity index (χ2v) is 11.0. The molecule has 1 nitrogen and oxygen atoms in total. The molecular weight excluding hydrogens is 374 g/mol. The van der Waals surface area contributed by atoms with E-state index in [1.54, 1.807) is 5.56 Å². The molecule has 2 aliphatic rings. The molecule has 3 atom stereocenters. The fourth-order valence-electron chi connectivity index (χ4n) is 6.55. The zero-order valence-corrected chi connectivity index (χ0v) is 20.2. The van der Waals surface area contributed by atoms with Crippen LogP contribution in [0.1, 0.15) is 93.4 Å². The van der Waals surface area contributed by atoms with Crippen LogP contribution in [0.25, 0.3) is 22.0 Å². The largest absolute Gasteiger partial charge is 0.220 e. The Labute approximate surface area is 188 Å². The fourth-order valence-corrected chi connectivity index (χ4v) is 6.55. The van der Waals surface area contributed by atoms with Gasteiger partial charge in [0.2, 0.25) is 5.69 Å². The molecule has 0 aliphatic heterocycles. The summed E-state index contributed by atoms with van der Waals surface area (Å²) in [4.78, 5) is 0. The molecule has 0 N–H and O–H groups in total. The summed E-state index contributed by atoms with van der Waals surface area (Å²) < 4.78 is 2.33. The van der Waals surface area contributed by atoms with Crippen LogP contribution in [0, 0.1) is 18.8 Å². The Balaban J connectivity index is 1.67. The number of benzene rings is 2. The standard InChI is InChI=1S/C30H38N/c1-18(2)25-16-27(19(3)4)20(5)28(17-25)30-26-10-9-23(15-24(26)11-12-31(30)6)29-14-21-7-8-22(29)13-21/h9-12,15-19,21-22,29H,7-8,13-14H2,1-6H3/q+1. The van der Waals surface area contributed by atoms with Crippen LogP contribution in [0.2, 0.25) is 0 Å². The summed E-state index contributed by atoms with van der Waals surface area (Å²) >= 11 is 0. The summed E-state index contributed by atoms with van der Waals surface area (Å²) in [5.74, 6) is 3.77. The highest BCUT2D eigenvalue weighted by Crippen LogP contribution is 2.53. The van der Waals surface area contributed by atoms with E-state index >= 15 is 0 Å². The molecule has 0 saturated heterocycles. The molecule has 1 aromatic heterocycles. The molecule has 31 heavy (non-hydrogen) atoms. The second-order valence-electron chi connectivity index (χ2n) is 11.0.